The van der Waals surface area contributed by atoms with Crippen molar-refractivity contribution in [3.63, 3.8) is 0 Å². The average Bonchev–Trinajstić information content (AvgIpc) is 3.39. The molecule has 1 aliphatic heterocycles. The standard InChI is InChI=1S/C20H23N5O3S/c1-23-12-9-22-19(23)29-14-16-2-4-17(5-3-16)27-20(26)24-10-6-18(7-11-24)28-25-13-8-21-15-25/h2-5,8-9,12-13,15,18H,6-7,10-11,14H2,1H3. The Morgan fingerprint density at radius 1 is 1.17 bits per heavy atom. The van der Waals surface area contributed by atoms with Gasteiger partial charge >= 0.3 is 6.09 Å². The number of thioether (sulfide) groups is 1. The fourth-order valence-corrected chi connectivity index (χ4v) is 3.97. The lowest BCUT2D eigenvalue weighted by Crippen LogP contribution is -2.44. The van der Waals surface area contributed by atoms with Gasteiger partial charge < -0.3 is 19.0 Å². The number of carbonyl (C=O) groups excluding carboxylic acids is 1. The molecule has 9 heteroatoms. The smallest absolute Gasteiger partial charge is 0.410 e. The second-order valence-corrected chi connectivity index (χ2v) is 7.78. The molecule has 0 aliphatic carbocycles. The molecule has 1 saturated heterocycles. The number of imidazole rings is 2. The van der Waals surface area contributed by atoms with Crippen LogP contribution in [0.4, 0.5) is 4.79 Å². The highest BCUT2D eigenvalue weighted by molar-refractivity contribution is 7.98. The Labute approximate surface area is 173 Å². The SMILES string of the molecule is Cn1ccnc1SCc1ccc(OC(=O)N2CCC(On3ccnc3)CC2)cc1. The van der Waals surface area contributed by atoms with E-state index in [4.69, 9.17) is 9.57 Å². The molecule has 1 fully saturated rings. The number of rotatable bonds is 6. The Morgan fingerprint density at radius 3 is 2.62 bits per heavy atom. The summed E-state index contributed by atoms with van der Waals surface area (Å²) in [5.74, 6) is 1.36. The predicted octanol–water partition coefficient (Wildman–Crippen LogP) is 3.00. The van der Waals surface area contributed by atoms with Crippen molar-refractivity contribution in [3.8, 4) is 5.75 Å². The first kappa shape index (κ1) is 19.4. The molecule has 1 aromatic carbocycles. The highest BCUT2D eigenvalue weighted by Gasteiger charge is 2.25. The van der Waals surface area contributed by atoms with E-state index in [1.165, 1.54) is 0 Å². The number of piperidine rings is 1. The van der Waals surface area contributed by atoms with Crippen LogP contribution in [0.2, 0.25) is 0 Å². The van der Waals surface area contributed by atoms with Gasteiger partial charge in [0.1, 0.15) is 18.2 Å². The fourth-order valence-electron chi connectivity index (χ4n) is 3.08. The van der Waals surface area contributed by atoms with E-state index < -0.39 is 0 Å². The number of benzene rings is 1. The Hall–Kier alpha value is -2.94. The van der Waals surface area contributed by atoms with E-state index in [-0.39, 0.29) is 12.2 Å². The molecule has 29 heavy (non-hydrogen) atoms. The van der Waals surface area contributed by atoms with E-state index in [0.29, 0.717) is 18.8 Å². The third-order valence-corrected chi connectivity index (χ3v) is 5.85. The van der Waals surface area contributed by atoms with E-state index in [1.54, 1.807) is 46.3 Å². The Balaban J connectivity index is 1.23. The second-order valence-electron chi connectivity index (χ2n) is 6.84. The minimum absolute atomic E-state index is 0.0729. The molecule has 1 aliphatic rings. The molecule has 152 valence electrons. The monoisotopic (exact) mass is 413 g/mol. The number of ether oxygens (including phenoxy) is 1. The fraction of sp³-hybridized carbons (Fsp3) is 0.350. The molecule has 0 atom stereocenters. The van der Waals surface area contributed by atoms with E-state index in [1.807, 2.05) is 42.1 Å². The van der Waals surface area contributed by atoms with Gasteiger partial charge in [0, 0.05) is 57.3 Å². The lowest BCUT2D eigenvalue weighted by atomic mass is 10.1. The van der Waals surface area contributed by atoms with Gasteiger partial charge in [-0.05, 0) is 17.7 Å². The zero-order valence-electron chi connectivity index (χ0n) is 16.2. The molecular weight excluding hydrogens is 390 g/mol. The van der Waals surface area contributed by atoms with Gasteiger partial charge in [0.2, 0.25) is 0 Å². The van der Waals surface area contributed by atoms with Crippen molar-refractivity contribution in [2.24, 2.45) is 7.05 Å². The van der Waals surface area contributed by atoms with Crippen LogP contribution in [0.3, 0.4) is 0 Å². The van der Waals surface area contributed by atoms with Crippen LogP contribution in [0.25, 0.3) is 0 Å². The maximum absolute atomic E-state index is 12.4. The molecule has 0 radical (unpaired) electrons. The summed E-state index contributed by atoms with van der Waals surface area (Å²) in [6, 6.07) is 7.62. The van der Waals surface area contributed by atoms with Gasteiger partial charge in [-0.25, -0.2) is 14.8 Å². The summed E-state index contributed by atoms with van der Waals surface area (Å²) in [5.41, 5.74) is 1.15. The zero-order chi connectivity index (χ0) is 20.1. The van der Waals surface area contributed by atoms with E-state index in [9.17, 15) is 4.79 Å². The van der Waals surface area contributed by atoms with E-state index in [0.717, 1.165) is 29.3 Å². The van der Waals surface area contributed by atoms with Crippen LogP contribution in [0, 0.1) is 0 Å². The van der Waals surface area contributed by atoms with Gasteiger partial charge in [0.15, 0.2) is 5.16 Å². The molecule has 3 aromatic rings. The van der Waals surface area contributed by atoms with Crippen LogP contribution in [0.15, 0.2) is 60.5 Å². The molecule has 0 saturated carbocycles. The predicted molar refractivity (Wildman–Crippen MR) is 109 cm³/mol. The summed E-state index contributed by atoms with van der Waals surface area (Å²) >= 11 is 1.67. The van der Waals surface area contributed by atoms with Crippen LogP contribution >= 0.6 is 11.8 Å². The molecule has 4 rings (SSSR count). The summed E-state index contributed by atoms with van der Waals surface area (Å²) < 4.78 is 9.12. The highest BCUT2D eigenvalue weighted by atomic mass is 32.2. The third kappa shape index (κ3) is 5.11. The minimum atomic E-state index is -0.318. The number of hydrogen-bond donors (Lipinski definition) is 0. The van der Waals surface area contributed by atoms with Gasteiger partial charge in [-0.1, -0.05) is 23.9 Å². The van der Waals surface area contributed by atoms with Crippen molar-refractivity contribution in [3.05, 3.63) is 60.9 Å². The number of hydrogen-bond acceptors (Lipinski definition) is 6. The summed E-state index contributed by atoms with van der Waals surface area (Å²) in [7, 11) is 1.98. The van der Waals surface area contributed by atoms with Crippen molar-refractivity contribution in [2.75, 3.05) is 13.1 Å². The summed E-state index contributed by atoms with van der Waals surface area (Å²) in [6.07, 6.45) is 10.1. The Bertz CT molecular complexity index is 918. The second kappa shape index (κ2) is 9.04. The Kier molecular flexibility index (Phi) is 6.04. The maximum Gasteiger partial charge on any atom is 0.415 e. The van der Waals surface area contributed by atoms with Gasteiger partial charge in [0.05, 0.1) is 6.20 Å². The minimum Gasteiger partial charge on any atom is -0.410 e. The van der Waals surface area contributed by atoms with E-state index in [2.05, 4.69) is 9.97 Å². The van der Waals surface area contributed by atoms with Crippen LogP contribution in [-0.4, -0.2) is 49.5 Å². The van der Waals surface area contributed by atoms with Gasteiger partial charge in [0.25, 0.3) is 0 Å². The highest BCUT2D eigenvalue weighted by Crippen LogP contribution is 2.22. The molecule has 0 spiro atoms. The molecule has 0 bridgehead atoms. The van der Waals surface area contributed by atoms with Gasteiger partial charge in [-0.3, -0.25) is 0 Å². The van der Waals surface area contributed by atoms with Gasteiger partial charge in [-0.2, -0.15) is 4.73 Å². The maximum atomic E-state index is 12.4. The van der Waals surface area contributed by atoms with Gasteiger partial charge in [-0.15, -0.1) is 0 Å². The number of amides is 1. The first-order chi connectivity index (χ1) is 14.2. The van der Waals surface area contributed by atoms with Crippen LogP contribution in [0.5, 0.6) is 5.75 Å². The molecule has 3 heterocycles. The molecular formula is C20H23N5O3S. The van der Waals surface area contributed by atoms with E-state index >= 15 is 0 Å². The number of likely N-dealkylation sites (tertiary alicyclic amines) is 1. The lowest BCUT2D eigenvalue weighted by molar-refractivity contribution is -0.0000187. The number of nitrogens with zero attached hydrogens (tertiary/aromatic N) is 5. The molecule has 2 aromatic heterocycles. The lowest BCUT2D eigenvalue weighted by Gasteiger charge is -2.31. The third-order valence-electron chi connectivity index (χ3n) is 4.72. The average molecular weight is 414 g/mol. The van der Waals surface area contributed by atoms with Crippen molar-refractivity contribution in [1.29, 1.82) is 0 Å². The molecule has 1 amide bonds. The molecule has 0 N–H and O–H groups in total. The Morgan fingerprint density at radius 2 is 1.97 bits per heavy atom. The van der Waals surface area contributed by atoms with Crippen LogP contribution < -0.4 is 9.57 Å². The van der Waals surface area contributed by atoms with Crippen molar-refractivity contribution < 1.29 is 14.4 Å². The number of aryl methyl sites for hydroxylation is 1. The first-order valence-electron chi connectivity index (χ1n) is 9.48. The number of carbonyl (C=O) groups is 1. The first-order valence-corrected chi connectivity index (χ1v) is 10.5. The molecule has 0 unspecified atom stereocenters. The largest absolute Gasteiger partial charge is 0.415 e. The number of aromatic nitrogens is 4. The van der Waals surface area contributed by atoms with Crippen LogP contribution in [-0.2, 0) is 12.8 Å². The zero-order valence-corrected chi connectivity index (χ0v) is 17.0. The van der Waals surface area contributed by atoms with Crippen LogP contribution in [0.1, 0.15) is 18.4 Å². The quantitative estimate of drug-likeness (QED) is 0.579. The summed E-state index contributed by atoms with van der Waals surface area (Å²) in [4.78, 5) is 28.2. The summed E-state index contributed by atoms with van der Waals surface area (Å²) in [5, 5.41) is 0.973. The molecule has 8 nitrogen and oxygen atoms in total. The van der Waals surface area contributed by atoms with Crippen molar-refractivity contribution >= 4 is 17.9 Å². The topological polar surface area (TPSA) is 74.4 Å². The van der Waals surface area contributed by atoms with Crippen molar-refractivity contribution in [2.45, 2.75) is 29.9 Å². The summed E-state index contributed by atoms with van der Waals surface area (Å²) in [6.45, 7) is 1.22. The normalized spacial score (nSPS) is 14.7. The van der Waals surface area contributed by atoms with Crippen molar-refractivity contribution in [1.82, 2.24) is 24.2 Å².